The summed E-state index contributed by atoms with van der Waals surface area (Å²) in [5.41, 5.74) is 0.889. The van der Waals surface area contributed by atoms with Gasteiger partial charge < -0.3 is 14.8 Å². The number of nitrogens with one attached hydrogen (secondary N) is 1. The standard InChI is InChI=1S/C17H18FNO3/c1-12(15-5-3-4-6-16(15)21-2)19-17(20)11-22-14-9-7-13(18)8-10-14/h3-10,12H,11H2,1-2H3,(H,19,20). The van der Waals surface area contributed by atoms with Gasteiger partial charge in [-0.1, -0.05) is 18.2 Å². The fourth-order valence-corrected chi connectivity index (χ4v) is 2.06. The first kappa shape index (κ1) is 15.8. The van der Waals surface area contributed by atoms with Gasteiger partial charge in [0.15, 0.2) is 6.61 Å². The minimum atomic E-state index is -0.346. The van der Waals surface area contributed by atoms with Crippen molar-refractivity contribution >= 4 is 5.91 Å². The molecule has 4 nitrogen and oxygen atoms in total. The van der Waals surface area contributed by atoms with Gasteiger partial charge in [-0.25, -0.2) is 4.39 Å². The van der Waals surface area contributed by atoms with Crippen LogP contribution < -0.4 is 14.8 Å². The third kappa shape index (κ3) is 4.22. The molecule has 0 spiro atoms. The molecule has 0 saturated carbocycles. The van der Waals surface area contributed by atoms with Gasteiger partial charge >= 0.3 is 0 Å². The Morgan fingerprint density at radius 1 is 1.18 bits per heavy atom. The summed E-state index contributed by atoms with van der Waals surface area (Å²) in [5, 5.41) is 2.83. The molecular weight excluding hydrogens is 285 g/mol. The van der Waals surface area contributed by atoms with Gasteiger partial charge in [0.1, 0.15) is 17.3 Å². The first-order valence-corrected chi connectivity index (χ1v) is 6.91. The van der Waals surface area contributed by atoms with E-state index in [1.165, 1.54) is 24.3 Å². The normalized spacial score (nSPS) is 11.6. The van der Waals surface area contributed by atoms with Gasteiger partial charge in [0.2, 0.25) is 0 Å². The second-order valence-corrected chi connectivity index (χ2v) is 4.77. The predicted molar refractivity (Wildman–Crippen MR) is 81.4 cm³/mol. The molecule has 0 heterocycles. The summed E-state index contributed by atoms with van der Waals surface area (Å²) in [7, 11) is 1.59. The number of halogens is 1. The Labute approximate surface area is 128 Å². The van der Waals surface area contributed by atoms with Crippen LogP contribution in [0.5, 0.6) is 11.5 Å². The van der Waals surface area contributed by atoms with Crippen LogP contribution in [0.15, 0.2) is 48.5 Å². The zero-order valence-electron chi connectivity index (χ0n) is 12.5. The molecule has 1 unspecified atom stereocenters. The van der Waals surface area contributed by atoms with E-state index < -0.39 is 0 Å². The van der Waals surface area contributed by atoms with E-state index in [1.54, 1.807) is 7.11 Å². The van der Waals surface area contributed by atoms with Gasteiger partial charge in [-0.05, 0) is 37.3 Å². The average molecular weight is 303 g/mol. The monoisotopic (exact) mass is 303 g/mol. The van der Waals surface area contributed by atoms with Gasteiger partial charge in [-0.2, -0.15) is 0 Å². The fourth-order valence-electron chi connectivity index (χ4n) is 2.06. The third-order valence-electron chi connectivity index (χ3n) is 3.17. The number of methoxy groups -OCH3 is 1. The molecule has 0 aliphatic heterocycles. The maximum absolute atomic E-state index is 12.8. The SMILES string of the molecule is COc1ccccc1C(C)NC(=O)COc1ccc(F)cc1. The van der Waals surface area contributed by atoms with Crippen molar-refractivity contribution in [3.63, 3.8) is 0 Å². The van der Waals surface area contributed by atoms with Crippen molar-refractivity contribution in [3.8, 4) is 11.5 Å². The van der Waals surface area contributed by atoms with Crippen molar-refractivity contribution < 1.29 is 18.7 Å². The maximum atomic E-state index is 12.8. The molecule has 5 heteroatoms. The number of benzene rings is 2. The van der Waals surface area contributed by atoms with E-state index in [0.717, 1.165) is 11.3 Å². The van der Waals surface area contributed by atoms with Crippen molar-refractivity contribution in [2.45, 2.75) is 13.0 Å². The van der Waals surface area contributed by atoms with Crippen LogP contribution in [0.2, 0.25) is 0 Å². The molecule has 0 aliphatic carbocycles. The number of hydrogen-bond acceptors (Lipinski definition) is 3. The van der Waals surface area contributed by atoms with Crippen LogP contribution in [0.25, 0.3) is 0 Å². The third-order valence-corrected chi connectivity index (χ3v) is 3.17. The molecule has 2 aromatic carbocycles. The summed E-state index contributed by atoms with van der Waals surface area (Å²) in [6, 6.07) is 12.8. The van der Waals surface area contributed by atoms with E-state index in [-0.39, 0.29) is 24.4 Å². The average Bonchev–Trinajstić information content (AvgIpc) is 2.54. The molecule has 0 bridgehead atoms. The summed E-state index contributed by atoms with van der Waals surface area (Å²) in [6.07, 6.45) is 0. The van der Waals surface area contributed by atoms with Gasteiger partial charge in [-0.15, -0.1) is 0 Å². The first-order valence-electron chi connectivity index (χ1n) is 6.91. The highest BCUT2D eigenvalue weighted by molar-refractivity contribution is 5.78. The predicted octanol–water partition coefficient (Wildman–Crippen LogP) is 3.09. The smallest absolute Gasteiger partial charge is 0.258 e. The lowest BCUT2D eigenvalue weighted by Gasteiger charge is -2.17. The lowest BCUT2D eigenvalue weighted by atomic mass is 10.1. The Kier molecular flexibility index (Phi) is 5.36. The zero-order valence-corrected chi connectivity index (χ0v) is 12.5. The van der Waals surface area contributed by atoms with E-state index in [9.17, 15) is 9.18 Å². The van der Waals surface area contributed by atoms with E-state index in [4.69, 9.17) is 9.47 Å². The number of para-hydroxylation sites is 1. The summed E-state index contributed by atoms with van der Waals surface area (Å²) in [4.78, 5) is 11.9. The lowest BCUT2D eigenvalue weighted by molar-refractivity contribution is -0.123. The molecule has 1 N–H and O–H groups in total. The van der Waals surface area contributed by atoms with Crippen molar-refractivity contribution in [3.05, 3.63) is 59.9 Å². The second-order valence-electron chi connectivity index (χ2n) is 4.77. The van der Waals surface area contributed by atoms with Gasteiger partial charge in [-0.3, -0.25) is 4.79 Å². The second kappa shape index (κ2) is 7.45. The van der Waals surface area contributed by atoms with Crippen LogP contribution >= 0.6 is 0 Å². The number of rotatable bonds is 6. The van der Waals surface area contributed by atoms with E-state index in [0.29, 0.717) is 5.75 Å². The summed E-state index contributed by atoms with van der Waals surface area (Å²) >= 11 is 0. The summed E-state index contributed by atoms with van der Waals surface area (Å²) in [6.45, 7) is 1.73. The molecule has 0 saturated heterocycles. The number of carbonyl (C=O) groups excluding carboxylic acids is 1. The molecule has 116 valence electrons. The van der Waals surface area contributed by atoms with Crippen LogP contribution in [-0.2, 0) is 4.79 Å². The van der Waals surface area contributed by atoms with Gasteiger partial charge in [0.25, 0.3) is 5.91 Å². The maximum Gasteiger partial charge on any atom is 0.258 e. The number of ether oxygens (including phenoxy) is 2. The Balaban J connectivity index is 1.90. The number of hydrogen-bond donors (Lipinski definition) is 1. The molecule has 1 amide bonds. The molecule has 2 aromatic rings. The molecule has 0 fully saturated rings. The van der Waals surface area contributed by atoms with Crippen LogP contribution in [0.4, 0.5) is 4.39 Å². The molecule has 2 rings (SSSR count). The molecule has 1 atom stereocenters. The fraction of sp³-hybridized carbons (Fsp3) is 0.235. The minimum absolute atomic E-state index is 0.134. The highest BCUT2D eigenvalue weighted by atomic mass is 19.1. The topological polar surface area (TPSA) is 47.6 Å². The first-order chi connectivity index (χ1) is 10.6. The Hall–Kier alpha value is -2.56. The largest absolute Gasteiger partial charge is 0.496 e. The molecule has 0 aromatic heterocycles. The summed E-state index contributed by atoms with van der Waals surface area (Å²) < 4.78 is 23.3. The quantitative estimate of drug-likeness (QED) is 0.892. The van der Waals surface area contributed by atoms with Gasteiger partial charge in [0.05, 0.1) is 13.2 Å². The van der Waals surface area contributed by atoms with Crippen LogP contribution in [0, 0.1) is 5.82 Å². The molecular formula is C17H18FNO3. The molecule has 22 heavy (non-hydrogen) atoms. The van der Waals surface area contributed by atoms with Crippen LogP contribution in [-0.4, -0.2) is 19.6 Å². The molecule has 0 aliphatic rings. The Bertz CT molecular complexity index is 628. The summed E-state index contributed by atoms with van der Waals surface area (Å²) in [5.74, 6) is 0.556. The highest BCUT2D eigenvalue weighted by Gasteiger charge is 2.13. The van der Waals surface area contributed by atoms with E-state index in [1.807, 2.05) is 31.2 Å². The Morgan fingerprint density at radius 3 is 2.55 bits per heavy atom. The Morgan fingerprint density at radius 2 is 1.86 bits per heavy atom. The minimum Gasteiger partial charge on any atom is -0.496 e. The van der Waals surface area contributed by atoms with Crippen molar-refractivity contribution in [1.29, 1.82) is 0 Å². The molecule has 0 radical (unpaired) electrons. The van der Waals surface area contributed by atoms with E-state index in [2.05, 4.69) is 5.32 Å². The number of carbonyl (C=O) groups is 1. The van der Waals surface area contributed by atoms with Crippen molar-refractivity contribution in [2.75, 3.05) is 13.7 Å². The van der Waals surface area contributed by atoms with Gasteiger partial charge in [0, 0.05) is 5.56 Å². The van der Waals surface area contributed by atoms with E-state index >= 15 is 0 Å². The van der Waals surface area contributed by atoms with Crippen LogP contribution in [0.1, 0.15) is 18.5 Å². The lowest BCUT2D eigenvalue weighted by Crippen LogP contribution is -2.31. The van der Waals surface area contributed by atoms with Crippen molar-refractivity contribution in [1.82, 2.24) is 5.32 Å². The van der Waals surface area contributed by atoms with Crippen molar-refractivity contribution in [2.24, 2.45) is 0 Å². The number of amides is 1. The highest BCUT2D eigenvalue weighted by Crippen LogP contribution is 2.24. The van der Waals surface area contributed by atoms with Crippen LogP contribution in [0.3, 0.4) is 0 Å². The zero-order chi connectivity index (χ0) is 15.9.